The molecule has 61 heavy (non-hydrogen) atoms. The SMILES string of the molecule is CCCCCCCCCCCCCCCCCC(=O)O.CCCCCCCCCCCCCCCCCC(=O)O.CCCCCCCCCCCCCCCCCC(=O)O.[Ba+2].[H-].[H-]. The first kappa shape index (κ1) is 67.6. The Hall–Kier alpha value is -0.0186. The van der Waals surface area contributed by atoms with Crippen LogP contribution < -0.4 is 0 Å². The van der Waals surface area contributed by atoms with Crippen LogP contribution >= 0.6 is 0 Å². The summed E-state index contributed by atoms with van der Waals surface area (Å²) in [6.45, 7) is 6.81. The van der Waals surface area contributed by atoms with E-state index in [1.165, 1.54) is 250 Å². The Morgan fingerprint density at radius 3 is 0.426 bits per heavy atom. The van der Waals surface area contributed by atoms with Crippen molar-refractivity contribution in [3.8, 4) is 0 Å². The van der Waals surface area contributed by atoms with Crippen LogP contribution in [0.4, 0.5) is 0 Å². The minimum absolute atomic E-state index is 0. The molecule has 0 unspecified atom stereocenters. The molecule has 0 aromatic rings. The summed E-state index contributed by atoms with van der Waals surface area (Å²) in [5.74, 6) is -1.96. The predicted molar refractivity (Wildman–Crippen MR) is 270 cm³/mol. The Morgan fingerprint density at radius 1 is 0.230 bits per heavy atom. The number of rotatable bonds is 48. The Kier molecular flexibility index (Phi) is 71.2. The van der Waals surface area contributed by atoms with Crippen LogP contribution in [0, 0.1) is 0 Å². The van der Waals surface area contributed by atoms with E-state index in [0.29, 0.717) is 19.3 Å². The van der Waals surface area contributed by atoms with Crippen molar-refractivity contribution in [2.24, 2.45) is 0 Å². The van der Waals surface area contributed by atoms with Crippen LogP contribution in [0.25, 0.3) is 0 Å². The van der Waals surface area contributed by atoms with E-state index >= 15 is 0 Å². The van der Waals surface area contributed by atoms with Crippen LogP contribution in [-0.2, 0) is 14.4 Å². The zero-order valence-electron chi connectivity index (χ0n) is 43.7. The molecule has 0 fully saturated rings. The van der Waals surface area contributed by atoms with E-state index in [1.807, 2.05) is 0 Å². The fraction of sp³-hybridized carbons (Fsp3) is 0.944. The van der Waals surface area contributed by atoms with Gasteiger partial charge in [0.2, 0.25) is 0 Å². The number of carboxylic acid groups (broad SMARTS) is 3. The largest absolute Gasteiger partial charge is 2.00 e. The normalized spacial score (nSPS) is 10.7. The Morgan fingerprint density at radius 2 is 0.328 bits per heavy atom. The van der Waals surface area contributed by atoms with Gasteiger partial charge in [0.1, 0.15) is 0 Å². The molecule has 0 saturated heterocycles. The van der Waals surface area contributed by atoms with Crippen molar-refractivity contribution in [1.29, 1.82) is 0 Å². The van der Waals surface area contributed by atoms with Gasteiger partial charge in [0.05, 0.1) is 0 Å². The quantitative estimate of drug-likeness (QED) is 0.0414. The van der Waals surface area contributed by atoms with Gasteiger partial charge in [0.15, 0.2) is 0 Å². The maximum Gasteiger partial charge on any atom is 2.00 e. The first-order chi connectivity index (χ1) is 29.3. The smallest absolute Gasteiger partial charge is 1.00 e. The number of hydrogen-bond donors (Lipinski definition) is 3. The number of unbranched alkanes of at least 4 members (excludes halogenated alkanes) is 42. The minimum Gasteiger partial charge on any atom is -1.00 e. The average Bonchev–Trinajstić information content (AvgIpc) is 3.22. The van der Waals surface area contributed by atoms with Gasteiger partial charge in [-0.1, -0.05) is 290 Å². The van der Waals surface area contributed by atoms with Crippen molar-refractivity contribution in [3.63, 3.8) is 0 Å². The van der Waals surface area contributed by atoms with Gasteiger partial charge in [0, 0.05) is 19.3 Å². The molecule has 0 amide bonds. The van der Waals surface area contributed by atoms with Crippen molar-refractivity contribution < 1.29 is 32.6 Å². The van der Waals surface area contributed by atoms with E-state index in [9.17, 15) is 14.4 Å². The molecule has 0 bridgehead atoms. The second kappa shape index (κ2) is 64.3. The summed E-state index contributed by atoms with van der Waals surface area (Å²) < 4.78 is 0. The third-order valence-corrected chi connectivity index (χ3v) is 12.0. The summed E-state index contributed by atoms with van der Waals surface area (Å²) in [6.07, 6.45) is 60.6. The molecule has 0 aliphatic carbocycles. The van der Waals surface area contributed by atoms with Crippen molar-refractivity contribution in [1.82, 2.24) is 0 Å². The fourth-order valence-corrected chi connectivity index (χ4v) is 7.94. The van der Waals surface area contributed by atoms with Gasteiger partial charge in [-0.05, 0) is 19.3 Å². The Bertz CT molecular complexity index is 730. The Balaban J connectivity index is -0.000000189. The van der Waals surface area contributed by atoms with Crippen LogP contribution in [0.2, 0.25) is 0 Å². The standard InChI is InChI=1S/3C18H36O2.Ba.2H/c3*1-2-3-4-5-6-7-8-9-10-11-12-13-14-15-16-17-18(19)20;;;/h3*2-17H2,1H3,(H,19,20);;;/q;;;+2;2*-1. The van der Waals surface area contributed by atoms with Crippen LogP contribution in [-0.4, -0.2) is 82.1 Å². The molecule has 0 aliphatic heterocycles. The molecule has 0 atom stereocenters. The predicted octanol–water partition coefficient (Wildman–Crippen LogP) is 18.8. The second-order valence-electron chi connectivity index (χ2n) is 18.3. The van der Waals surface area contributed by atoms with Gasteiger partial charge in [-0.25, -0.2) is 0 Å². The third-order valence-electron chi connectivity index (χ3n) is 12.0. The van der Waals surface area contributed by atoms with Crippen molar-refractivity contribution >= 4 is 66.8 Å². The van der Waals surface area contributed by atoms with Crippen LogP contribution in [0.5, 0.6) is 0 Å². The van der Waals surface area contributed by atoms with Crippen LogP contribution in [0.1, 0.15) is 332 Å². The molecular weight excluding hydrogens is 882 g/mol. The molecule has 0 aromatic carbocycles. The first-order valence-electron chi connectivity index (χ1n) is 27.0. The zero-order valence-corrected chi connectivity index (χ0v) is 46.2. The van der Waals surface area contributed by atoms with E-state index in [2.05, 4.69) is 20.8 Å². The number of aliphatic carboxylic acids is 3. The Labute approximate surface area is 425 Å². The summed E-state index contributed by atoms with van der Waals surface area (Å²) in [5, 5.41) is 25.6. The van der Waals surface area contributed by atoms with E-state index < -0.39 is 17.9 Å². The molecule has 0 aromatic heterocycles. The zero-order chi connectivity index (χ0) is 44.7. The molecule has 3 N–H and O–H groups in total. The molecule has 0 radical (unpaired) electrons. The molecule has 364 valence electrons. The van der Waals surface area contributed by atoms with Crippen molar-refractivity contribution in [3.05, 3.63) is 0 Å². The maximum atomic E-state index is 10.3. The van der Waals surface area contributed by atoms with E-state index in [-0.39, 0.29) is 51.7 Å². The molecule has 0 rings (SSSR count). The van der Waals surface area contributed by atoms with E-state index in [0.717, 1.165) is 38.5 Å². The molecule has 0 aliphatic rings. The van der Waals surface area contributed by atoms with Crippen LogP contribution in [0.3, 0.4) is 0 Å². The summed E-state index contributed by atoms with van der Waals surface area (Å²) >= 11 is 0. The van der Waals surface area contributed by atoms with Gasteiger partial charge in [-0.2, -0.15) is 0 Å². The fourth-order valence-electron chi connectivity index (χ4n) is 7.94. The summed E-state index contributed by atoms with van der Waals surface area (Å²) in [4.78, 5) is 31.0. The molecule has 0 heterocycles. The number of hydrogen-bond acceptors (Lipinski definition) is 3. The summed E-state index contributed by atoms with van der Waals surface area (Å²) in [5.41, 5.74) is 0. The summed E-state index contributed by atoms with van der Waals surface area (Å²) in [6, 6.07) is 0. The molecule has 7 heteroatoms. The van der Waals surface area contributed by atoms with Crippen molar-refractivity contribution in [2.75, 3.05) is 0 Å². The third kappa shape index (κ3) is 77.6. The monoisotopic (exact) mass is 993 g/mol. The number of carboxylic acids is 3. The van der Waals surface area contributed by atoms with Gasteiger partial charge < -0.3 is 18.2 Å². The van der Waals surface area contributed by atoms with E-state index in [1.54, 1.807) is 0 Å². The van der Waals surface area contributed by atoms with Crippen molar-refractivity contribution in [2.45, 2.75) is 329 Å². The molecular formula is C54H110BaO6. The maximum absolute atomic E-state index is 10.3. The van der Waals surface area contributed by atoms with Gasteiger partial charge >= 0.3 is 66.8 Å². The molecule has 0 spiro atoms. The first-order valence-corrected chi connectivity index (χ1v) is 27.0. The topological polar surface area (TPSA) is 112 Å². The molecule has 0 saturated carbocycles. The van der Waals surface area contributed by atoms with Crippen LogP contribution in [0.15, 0.2) is 0 Å². The van der Waals surface area contributed by atoms with Gasteiger partial charge in [-0.15, -0.1) is 0 Å². The van der Waals surface area contributed by atoms with E-state index in [4.69, 9.17) is 15.3 Å². The summed E-state index contributed by atoms with van der Waals surface area (Å²) in [7, 11) is 0. The average molecular weight is 993 g/mol. The van der Waals surface area contributed by atoms with Gasteiger partial charge in [-0.3, -0.25) is 14.4 Å². The number of carbonyl (C=O) groups is 3. The minimum atomic E-state index is -0.653. The van der Waals surface area contributed by atoms with Gasteiger partial charge in [0.25, 0.3) is 0 Å². The molecule has 6 nitrogen and oxygen atoms in total. The second-order valence-corrected chi connectivity index (χ2v) is 18.3.